The molecule has 0 amide bonds. The molecule has 1 aliphatic rings. The number of aromatic nitrogens is 1. The first-order valence-corrected chi connectivity index (χ1v) is 10.3. The number of benzene rings is 2. The lowest BCUT2D eigenvalue weighted by Gasteiger charge is -2.14. The fourth-order valence-corrected chi connectivity index (χ4v) is 5.40. The molecule has 2 unspecified atom stereocenters. The Morgan fingerprint density at radius 1 is 1.26 bits per heavy atom. The maximum atomic E-state index is 13.7. The van der Waals surface area contributed by atoms with E-state index in [1.165, 1.54) is 17.7 Å². The first-order valence-electron chi connectivity index (χ1n) is 8.86. The molecule has 140 valence electrons. The molecule has 2 atom stereocenters. The van der Waals surface area contributed by atoms with Crippen molar-refractivity contribution in [3.63, 3.8) is 0 Å². The molecule has 0 saturated carbocycles. The topological polar surface area (TPSA) is 34.0 Å². The van der Waals surface area contributed by atoms with Gasteiger partial charge < -0.3 is 5.32 Å². The van der Waals surface area contributed by atoms with Gasteiger partial charge in [0.05, 0.1) is 15.6 Å². The molecule has 1 aliphatic carbocycles. The number of aryl methyl sites for hydroxylation is 1. The van der Waals surface area contributed by atoms with Gasteiger partial charge in [0.2, 0.25) is 0 Å². The third kappa shape index (κ3) is 3.14. The molecule has 6 heteroatoms. The lowest BCUT2D eigenvalue weighted by molar-refractivity contribution is 0.587. The second kappa shape index (κ2) is 7.23. The minimum absolute atomic E-state index is 0.226. The van der Waals surface area contributed by atoms with E-state index in [1.807, 2.05) is 32.3 Å². The molecule has 1 aromatic heterocycles. The Kier molecular flexibility index (Phi) is 4.93. The van der Waals surface area contributed by atoms with E-state index in [0.717, 1.165) is 35.2 Å². The predicted octanol–water partition coefficient (Wildman–Crippen LogP) is 5.03. The minimum atomic E-state index is -1.49. The van der Waals surface area contributed by atoms with Crippen molar-refractivity contribution in [3.05, 3.63) is 76.2 Å². The summed E-state index contributed by atoms with van der Waals surface area (Å²) < 4.78 is 28.9. The van der Waals surface area contributed by atoms with Gasteiger partial charge in [-0.3, -0.25) is 3.97 Å². The molecule has 4 rings (SSSR count). The summed E-state index contributed by atoms with van der Waals surface area (Å²) in [7, 11) is 0.441. The van der Waals surface area contributed by atoms with Crippen LogP contribution in [0.4, 0.5) is 4.39 Å². The molecule has 1 heterocycles. The molecule has 1 N–H and O–H groups in total. The molecule has 0 fully saturated rings. The third-order valence-electron chi connectivity index (χ3n) is 5.16. The second-order valence-electron chi connectivity index (χ2n) is 6.76. The molecule has 0 radical (unpaired) electrons. The molecule has 0 saturated heterocycles. The first-order chi connectivity index (χ1) is 13.0. The van der Waals surface area contributed by atoms with Gasteiger partial charge in [-0.2, -0.15) is 0 Å². The van der Waals surface area contributed by atoms with Gasteiger partial charge in [0, 0.05) is 17.8 Å². The maximum absolute atomic E-state index is 13.7. The lowest BCUT2D eigenvalue weighted by atomic mass is 10.0. The van der Waals surface area contributed by atoms with Crippen LogP contribution in [-0.2, 0) is 17.4 Å². The number of hydrogen-bond donors (Lipinski definition) is 1. The van der Waals surface area contributed by atoms with E-state index in [0.29, 0.717) is 9.92 Å². The van der Waals surface area contributed by atoms with Crippen LogP contribution < -0.4 is 5.32 Å². The van der Waals surface area contributed by atoms with E-state index in [4.69, 9.17) is 11.6 Å². The Bertz CT molecular complexity index is 1050. The fraction of sp³-hybridized carbons (Fsp3) is 0.238. The van der Waals surface area contributed by atoms with Gasteiger partial charge in [-0.05, 0) is 73.8 Å². The summed E-state index contributed by atoms with van der Waals surface area (Å²) in [6.07, 6.45) is 3.84. The number of hydrogen-bond acceptors (Lipinski definition) is 2. The van der Waals surface area contributed by atoms with Gasteiger partial charge in [0.25, 0.3) is 0 Å². The van der Waals surface area contributed by atoms with Crippen LogP contribution in [0.2, 0.25) is 5.02 Å². The smallest absolute Gasteiger partial charge is 0.158 e. The van der Waals surface area contributed by atoms with Gasteiger partial charge >= 0.3 is 0 Å². The van der Waals surface area contributed by atoms with E-state index in [2.05, 4.69) is 5.32 Å². The highest BCUT2D eigenvalue weighted by Crippen LogP contribution is 2.41. The Hall–Kier alpha value is -1.95. The number of halogens is 2. The number of nitrogens with one attached hydrogen (secondary N) is 1. The Balaban J connectivity index is 1.94. The van der Waals surface area contributed by atoms with Crippen LogP contribution in [0.15, 0.2) is 53.6 Å². The SMILES string of the molecule is CNC1CCc2c1cn(S(=O)c1ccccc1Cl)c2-c1ccc(F)cc1C. The summed E-state index contributed by atoms with van der Waals surface area (Å²) in [5.74, 6) is -0.272. The standard InChI is InChI=1S/C21H20ClFN2OS/c1-13-11-14(23)7-8-15(13)21-16-9-10-19(24-2)17(16)12-25(21)27(26)20-6-4-3-5-18(20)22/h3-8,11-12,19,24H,9-10H2,1-2H3. The zero-order valence-electron chi connectivity index (χ0n) is 15.1. The first kappa shape index (κ1) is 18.4. The van der Waals surface area contributed by atoms with Crippen molar-refractivity contribution in [1.82, 2.24) is 9.29 Å². The summed E-state index contributed by atoms with van der Waals surface area (Å²) >= 11 is 6.30. The normalized spacial score (nSPS) is 17.1. The van der Waals surface area contributed by atoms with Crippen molar-refractivity contribution in [1.29, 1.82) is 0 Å². The average molecular weight is 403 g/mol. The Morgan fingerprint density at radius 3 is 2.74 bits per heavy atom. The number of nitrogens with zero attached hydrogens (tertiary/aromatic N) is 1. The molecular weight excluding hydrogens is 383 g/mol. The van der Waals surface area contributed by atoms with Crippen LogP contribution in [0.1, 0.15) is 29.2 Å². The van der Waals surface area contributed by atoms with E-state index in [1.54, 1.807) is 22.2 Å². The highest BCUT2D eigenvalue weighted by Gasteiger charge is 2.30. The third-order valence-corrected chi connectivity index (χ3v) is 6.98. The van der Waals surface area contributed by atoms with Crippen LogP contribution in [0, 0.1) is 12.7 Å². The van der Waals surface area contributed by atoms with Crippen molar-refractivity contribution in [3.8, 4) is 11.3 Å². The summed E-state index contributed by atoms with van der Waals surface area (Å²) in [6.45, 7) is 1.88. The van der Waals surface area contributed by atoms with Gasteiger partial charge in [0.1, 0.15) is 5.82 Å². The molecule has 3 nitrogen and oxygen atoms in total. The van der Waals surface area contributed by atoms with Gasteiger partial charge in [-0.15, -0.1) is 0 Å². The molecule has 2 aromatic carbocycles. The van der Waals surface area contributed by atoms with Crippen LogP contribution in [0.5, 0.6) is 0 Å². The highest BCUT2D eigenvalue weighted by atomic mass is 35.5. The van der Waals surface area contributed by atoms with E-state index < -0.39 is 11.0 Å². The largest absolute Gasteiger partial charge is 0.313 e. The second-order valence-corrected chi connectivity index (χ2v) is 8.49. The van der Waals surface area contributed by atoms with Crippen molar-refractivity contribution >= 4 is 22.6 Å². The summed E-state index contributed by atoms with van der Waals surface area (Å²) in [4.78, 5) is 0.565. The van der Waals surface area contributed by atoms with Gasteiger partial charge in [-0.25, -0.2) is 8.60 Å². The summed E-state index contributed by atoms with van der Waals surface area (Å²) in [5.41, 5.74) is 4.93. The summed E-state index contributed by atoms with van der Waals surface area (Å²) in [5, 5.41) is 3.80. The fourth-order valence-electron chi connectivity index (χ4n) is 3.84. The number of rotatable bonds is 4. The number of fused-ring (bicyclic) bond motifs is 1. The van der Waals surface area contributed by atoms with Gasteiger partial charge in [-0.1, -0.05) is 23.7 Å². The van der Waals surface area contributed by atoms with Crippen molar-refractivity contribution < 1.29 is 8.60 Å². The average Bonchev–Trinajstić information content (AvgIpc) is 3.21. The molecule has 0 spiro atoms. The quantitative estimate of drug-likeness (QED) is 0.663. The van der Waals surface area contributed by atoms with Crippen LogP contribution >= 0.6 is 11.6 Å². The maximum Gasteiger partial charge on any atom is 0.158 e. The van der Waals surface area contributed by atoms with Crippen molar-refractivity contribution in [2.24, 2.45) is 0 Å². The zero-order valence-corrected chi connectivity index (χ0v) is 16.7. The predicted molar refractivity (Wildman–Crippen MR) is 108 cm³/mol. The monoisotopic (exact) mass is 402 g/mol. The van der Waals surface area contributed by atoms with E-state index in [-0.39, 0.29) is 11.9 Å². The highest BCUT2D eigenvalue weighted by molar-refractivity contribution is 7.83. The molecule has 3 aromatic rings. The van der Waals surface area contributed by atoms with E-state index in [9.17, 15) is 8.60 Å². The van der Waals surface area contributed by atoms with Crippen molar-refractivity contribution in [2.75, 3.05) is 7.05 Å². The minimum Gasteiger partial charge on any atom is -0.313 e. The van der Waals surface area contributed by atoms with Crippen molar-refractivity contribution in [2.45, 2.75) is 30.7 Å². The Labute approximate surface area is 165 Å². The molecular formula is C21H20ClFN2OS. The lowest BCUT2D eigenvalue weighted by Crippen LogP contribution is -2.13. The van der Waals surface area contributed by atoms with Crippen LogP contribution in [0.3, 0.4) is 0 Å². The van der Waals surface area contributed by atoms with Gasteiger partial charge in [0.15, 0.2) is 11.0 Å². The summed E-state index contributed by atoms with van der Waals surface area (Å²) in [6, 6.07) is 12.1. The van der Waals surface area contributed by atoms with E-state index >= 15 is 0 Å². The molecule has 0 aliphatic heterocycles. The molecule has 27 heavy (non-hydrogen) atoms. The Morgan fingerprint density at radius 2 is 2.04 bits per heavy atom. The van der Waals surface area contributed by atoms with Crippen LogP contribution in [-0.4, -0.2) is 15.2 Å². The molecule has 0 bridgehead atoms. The van der Waals surface area contributed by atoms with Crippen LogP contribution in [0.25, 0.3) is 11.3 Å². The zero-order chi connectivity index (χ0) is 19.1.